The van der Waals surface area contributed by atoms with Gasteiger partial charge in [-0.25, -0.2) is 17.9 Å². The summed E-state index contributed by atoms with van der Waals surface area (Å²) in [5, 5.41) is 7.18. The van der Waals surface area contributed by atoms with E-state index in [2.05, 4.69) is 10.4 Å². The molecule has 1 aliphatic heterocycles. The van der Waals surface area contributed by atoms with Crippen LogP contribution in [0.5, 0.6) is 0 Å². The van der Waals surface area contributed by atoms with E-state index in [-0.39, 0.29) is 35.6 Å². The van der Waals surface area contributed by atoms with Gasteiger partial charge in [0.25, 0.3) is 5.91 Å². The fourth-order valence-corrected chi connectivity index (χ4v) is 5.55. The van der Waals surface area contributed by atoms with Gasteiger partial charge < -0.3 is 9.73 Å². The SMILES string of the molecule is O=C(NCCn1nc(-c2ccco2)n(C2CC2)c1=O)c1ccc(S(=O)(=O)N2CCCC2)cc1. The Kier molecular flexibility index (Phi) is 5.67. The van der Waals surface area contributed by atoms with Crippen molar-refractivity contribution in [2.45, 2.75) is 43.2 Å². The third kappa shape index (κ3) is 4.25. The molecular weight excluding hydrogens is 446 g/mol. The van der Waals surface area contributed by atoms with Gasteiger partial charge in [-0.15, -0.1) is 5.10 Å². The largest absolute Gasteiger partial charge is 0.461 e. The van der Waals surface area contributed by atoms with Crippen molar-refractivity contribution in [1.29, 1.82) is 0 Å². The van der Waals surface area contributed by atoms with Crippen molar-refractivity contribution in [3.63, 3.8) is 0 Å². The number of hydrogen-bond acceptors (Lipinski definition) is 6. The van der Waals surface area contributed by atoms with E-state index in [1.54, 1.807) is 16.7 Å². The summed E-state index contributed by atoms with van der Waals surface area (Å²) in [7, 11) is -3.52. The molecule has 3 aromatic rings. The fourth-order valence-electron chi connectivity index (χ4n) is 4.03. The van der Waals surface area contributed by atoms with Crippen molar-refractivity contribution in [3.05, 3.63) is 58.7 Å². The molecule has 1 aromatic carbocycles. The van der Waals surface area contributed by atoms with Crippen molar-refractivity contribution >= 4 is 15.9 Å². The van der Waals surface area contributed by atoms with E-state index >= 15 is 0 Å². The van der Waals surface area contributed by atoms with Crippen molar-refractivity contribution in [2.24, 2.45) is 0 Å². The lowest BCUT2D eigenvalue weighted by Gasteiger charge is -2.15. The summed E-state index contributed by atoms with van der Waals surface area (Å²) >= 11 is 0. The topological polar surface area (TPSA) is 119 Å². The van der Waals surface area contributed by atoms with E-state index in [4.69, 9.17) is 4.42 Å². The number of hydrogen-bond donors (Lipinski definition) is 1. The van der Waals surface area contributed by atoms with E-state index in [9.17, 15) is 18.0 Å². The van der Waals surface area contributed by atoms with Crippen LogP contribution in [0.2, 0.25) is 0 Å². The number of sulfonamides is 1. The van der Waals surface area contributed by atoms with Gasteiger partial charge in [0, 0.05) is 31.2 Å². The first kappa shape index (κ1) is 21.7. The molecule has 1 amide bonds. The van der Waals surface area contributed by atoms with Crippen LogP contribution in [-0.2, 0) is 16.6 Å². The Labute approximate surface area is 190 Å². The van der Waals surface area contributed by atoms with Crippen molar-refractivity contribution in [1.82, 2.24) is 24.0 Å². The van der Waals surface area contributed by atoms with Crippen LogP contribution in [0.15, 0.2) is 56.8 Å². The van der Waals surface area contributed by atoms with Crippen molar-refractivity contribution < 1.29 is 17.6 Å². The molecule has 1 aliphatic carbocycles. The Morgan fingerprint density at radius 3 is 2.48 bits per heavy atom. The monoisotopic (exact) mass is 471 g/mol. The molecule has 10 nitrogen and oxygen atoms in total. The Morgan fingerprint density at radius 1 is 1.12 bits per heavy atom. The van der Waals surface area contributed by atoms with E-state index in [0.29, 0.717) is 30.2 Å². The van der Waals surface area contributed by atoms with Crippen LogP contribution in [0.25, 0.3) is 11.6 Å². The molecule has 0 radical (unpaired) electrons. The van der Waals surface area contributed by atoms with Gasteiger partial charge in [0.2, 0.25) is 15.8 Å². The minimum Gasteiger partial charge on any atom is -0.461 e. The molecule has 1 N–H and O–H groups in total. The predicted octanol–water partition coefficient (Wildman–Crippen LogP) is 1.85. The van der Waals surface area contributed by atoms with Gasteiger partial charge in [-0.2, -0.15) is 4.31 Å². The molecule has 1 saturated carbocycles. The first-order valence-corrected chi connectivity index (χ1v) is 12.5. The van der Waals surface area contributed by atoms with E-state index < -0.39 is 10.0 Å². The first-order valence-electron chi connectivity index (χ1n) is 11.1. The molecule has 0 bridgehead atoms. The molecule has 2 aromatic heterocycles. The summed E-state index contributed by atoms with van der Waals surface area (Å²) in [6.07, 6.45) is 5.13. The van der Waals surface area contributed by atoms with Crippen LogP contribution >= 0.6 is 0 Å². The molecule has 0 unspecified atom stereocenters. The zero-order chi connectivity index (χ0) is 23.0. The molecule has 2 aliphatic rings. The number of carbonyl (C=O) groups excluding carboxylic acids is 1. The molecule has 174 valence electrons. The van der Waals surface area contributed by atoms with Gasteiger partial charge in [-0.3, -0.25) is 9.36 Å². The quantitative estimate of drug-likeness (QED) is 0.536. The van der Waals surface area contributed by atoms with Crippen molar-refractivity contribution in [3.8, 4) is 11.6 Å². The Balaban J connectivity index is 1.23. The molecule has 0 atom stereocenters. The van der Waals surface area contributed by atoms with Gasteiger partial charge >= 0.3 is 5.69 Å². The van der Waals surface area contributed by atoms with Gasteiger partial charge in [0.15, 0.2) is 5.76 Å². The highest BCUT2D eigenvalue weighted by molar-refractivity contribution is 7.89. The lowest BCUT2D eigenvalue weighted by molar-refractivity contribution is 0.0951. The summed E-state index contributed by atoms with van der Waals surface area (Å²) in [6.45, 7) is 1.47. The molecule has 2 fully saturated rings. The normalized spacial score (nSPS) is 16.8. The Morgan fingerprint density at radius 2 is 1.85 bits per heavy atom. The Bertz CT molecular complexity index is 1300. The maximum absolute atomic E-state index is 12.8. The zero-order valence-electron chi connectivity index (χ0n) is 18.0. The van der Waals surface area contributed by atoms with Crippen molar-refractivity contribution in [2.75, 3.05) is 19.6 Å². The fraction of sp³-hybridized carbons (Fsp3) is 0.409. The second kappa shape index (κ2) is 8.64. The number of amides is 1. The number of furan rings is 1. The summed E-state index contributed by atoms with van der Waals surface area (Å²) < 4.78 is 35.1. The minimum absolute atomic E-state index is 0.135. The number of benzene rings is 1. The Hall–Kier alpha value is -3.18. The average Bonchev–Trinajstić information content (AvgIpc) is 3.23. The summed E-state index contributed by atoms with van der Waals surface area (Å²) in [6, 6.07) is 9.57. The van der Waals surface area contributed by atoms with Crippen LogP contribution in [0.1, 0.15) is 42.1 Å². The van der Waals surface area contributed by atoms with Crippen LogP contribution < -0.4 is 11.0 Å². The third-order valence-corrected chi connectivity index (χ3v) is 7.87. The molecule has 1 saturated heterocycles. The lowest BCUT2D eigenvalue weighted by atomic mass is 10.2. The molecule has 33 heavy (non-hydrogen) atoms. The van der Waals surface area contributed by atoms with Gasteiger partial charge in [0.05, 0.1) is 17.7 Å². The minimum atomic E-state index is -3.52. The van der Waals surface area contributed by atoms with Crippen LogP contribution in [0.4, 0.5) is 0 Å². The van der Waals surface area contributed by atoms with E-state index in [0.717, 1.165) is 25.7 Å². The van der Waals surface area contributed by atoms with Crippen LogP contribution in [0.3, 0.4) is 0 Å². The second-order valence-electron chi connectivity index (χ2n) is 8.30. The zero-order valence-corrected chi connectivity index (χ0v) is 18.8. The van der Waals surface area contributed by atoms with Gasteiger partial charge in [-0.1, -0.05) is 0 Å². The first-order chi connectivity index (χ1) is 15.9. The van der Waals surface area contributed by atoms with Gasteiger partial charge in [0.1, 0.15) is 0 Å². The predicted molar refractivity (Wildman–Crippen MR) is 119 cm³/mol. The smallest absolute Gasteiger partial charge is 0.346 e. The van der Waals surface area contributed by atoms with Gasteiger partial charge in [-0.05, 0) is 62.1 Å². The third-order valence-electron chi connectivity index (χ3n) is 5.95. The van der Waals surface area contributed by atoms with Crippen LogP contribution in [0, 0.1) is 0 Å². The molecule has 3 heterocycles. The average molecular weight is 472 g/mol. The number of rotatable bonds is 8. The number of nitrogens with zero attached hydrogens (tertiary/aromatic N) is 4. The maximum Gasteiger partial charge on any atom is 0.346 e. The molecule has 11 heteroatoms. The number of nitrogens with one attached hydrogen (secondary N) is 1. The molecule has 5 rings (SSSR count). The standard InChI is InChI=1S/C22H25N5O5S/c28-21(16-5-9-18(10-6-16)33(30,31)25-12-1-2-13-25)23-11-14-26-22(29)27(17-7-8-17)20(24-26)19-4-3-15-32-19/h3-6,9-10,15,17H,1-2,7-8,11-14H2,(H,23,28). The lowest BCUT2D eigenvalue weighted by Crippen LogP contribution is -2.32. The molecule has 0 spiro atoms. The number of aromatic nitrogens is 3. The number of carbonyl (C=O) groups is 1. The maximum atomic E-state index is 12.8. The molecular formula is C22H25N5O5S. The van der Waals surface area contributed by atoms with Crippen LogP contribution in [-0.4, -0.2) is 52.6 Å². The second-order valence-corrected chi connectivity index (χ2v) is 10.2. The highest BCUT2D eigenvalue weighted by Crippen LogP contribution is 2.36. The summed E-state index contributed by atoms with van der Waals surface area (Å²) in [4.78, 5) is 25.5. The summed E-state index contributed by atoms with van der Waals surface area (Å²) in [5.41, 5.74) is 0.122. The highest BCUT2D eigenvalue weighted by atomic mass is 32.2. The highest BCUT2D eigenvalue weighted by Gasteiger charge is 2.31. The van der Waals surface area contributed by atoms with E-state index in [1.165, 1.54) is 39.5 Å². The summed E-state index contributed by atoms with van der Waals surface area (Å²) in [5.74, 6) is 0.681. The van der Waals surface area contributed by atoms with E-state index in [1.807, 2.05) is 0 Å².